The number of piperidine rings is 1. The Balaban J connectivity index is 1.69. The van der Waals surface area contributed by atoms with Crippen LogP contribution in [0.15, 0.2) is 22.7 Å². The highest BCUT2D eigenvalue weighted by molar-refractivity contribution is 9.10. The normalized spacial score (nSPS) is 20.0. The van der Waals surface area contributed by atoms with Gasteiger partial charge in [-0.05, 0) is 75.1 Å². The fourth-order valence-corrected chi connectivity index (χ4v) is 2.77. The van der Waals surface area contributed by atoms with Crippen molar-refractivity contribution >= 4 is 15.9 Å². The molecule has 0 spiro atoms. The van der Waals surface area contributed by atoms with Gasteiger partial charge < -0.3 is 10.6 Å². The minimum absolute atomic E-state index is 0.112. The summed E-state index contributed by atoms with van der Waals surface area (Å²) in [5, 5.41) is 6.83. The van der Waals surface area contributed by atoms with Crippen LogP contribution in [0.4, 0.5) is 4.39 Å². The predicted octanol–water partition coefficient (Wildman–Crippen LogP) is 2.72. The number of nitrogens with one attached hydrogen (secondary N) is 2. The summed E-state index contributed by atoms with van der Waals surface area (Å²) in [6.07, 6.45) is 3.31. The Hall–Kier alpha value is -0.450. The number of benzene rings is 1. The molecule has 18 heavy (non-hydrogen) atoms. The van der Waals surface area contributed by atoms with E-state index in [0.717, 1.165) is 48.6 Å². The molecule has 4 heteroatoms. The van der Waals surface area contributed by atoms with Gasteiger partial charge in [0.2, 0.25) is 0 Å². The van der Waals surface area contributed by atoms with Crippen molar-refractivity contribution in [1.29, 1.82) is 0 Å². The van der Waals surface area contributed by atoms with E-state index in [0.29, 0.717) is 0 Å². The second-order valence-corrected chi connectivity index (χ2v) is 5.82. The Bertz CT molecular complexity index is 378. The van der Waals surface area contributed by atoms with Crippen LogP contribution in [0, 0.1) is 11.7 Å². The average Bonchev–Trinajstić information content (AvgIpc) is 2.40. The molecule has 0 radical (unpaired) electrons. The lowest BCUT2D eigenvalue weighted by Crippen LogP contribution is -2.36. The van der Waals surface area contributed by atoms with Crippen LogP contribution >= 0.6 is 15.9 Å². The van der Waals surface area contributed by atoms with Crippen LogP contribution in [0.1, 0.15) is 18.4 Å². The molecule has 1 fully saturated rings. The SMILES string of the molecule is Fc1ccc(Br)cc1CCNCC1CCCNC1. The highest BCUT2D eigenvalue weighted by Gasteiger charge is 2.12. The van der Waals surface area contributed by atoms with Crippen molar-refractivity contribution in [2.75, 3.05) is 26.2 Å². The molecule has 1 aromatic rings. The Morgan fingerprint density at radius 1 is 1.44 bits per heavy atom. The van der Waals surface area contributed by atoms with Gasteiger partial charge in [-0.25, -0.2) is 4.39 Å². The van der Waals surface area contributed by atoms with Crippen molar-refractivity contribution in [2.24, 2.45) is 5.92 Å². The summed E-state index contributed by atoms with van der Waals surface area (Å²) < 4.78 is 14.4. The van der Waals surface area contributed by atoms with E-state index >= 15 is 0 Å². The molecule has 2 nitrogen and oxygen atoms in total. The standard InChI is InChI=1S/C14H20BrFN2/c15-13-3-4-14(16)12(8-13)5-7-18-10-11-2-1-6-17-9-11/h3-4,8,11,17-18H,1-2,5-7,9-10H2. The molecule has 1 atom stereocenters. The van der Waals surface area contributed by atoms with Gasteiger partial charge in [0, 0.05) is 4.47 Å². The fourth-order valence-electron chi connectivity index (χ4n) is 2.36. The van der Waals surface area contributed by atoms with Gasteiger partial charge >= 0.3 is 0 Å². The van der Waals surface area contributed by atoms with Gasteiger partial charge in [-0.1, -0.05) is 15.9 Å². The fraction of sp³-hybridized carbons (Fsp3) is 0.571. The second-order valence-electron chi connectivity index (χ2n) is 4.90. The number of hydrogen-bond acceptors (Lipinski definition) is 2. The highest BCUT2D eigenvalue weighted by atomic mass is 79.9. The first kappa shape index (κ1) is 14.0. The van der Waals surface area contributed by atoms with Gasteiger partial charge in [0.25, 0.3) is 0 Å². The molecular weight excluding hydrogens is 295 g/mol. The molecule has 0 saturated carbocycles. The Kier molecular flexibility index (Phi) is 5.60. The molecule has 2 N–H and O–H groups in total. The number of halogens is 2. The van der Waals surface area contributed by atoms with Gasteiger partial charge in [-0.2, -0.15) is 0 Å². The maximum Gasteiger partial charge on any atom is 0.126 e. The van der Waals surface area contributed by atoms with Gasteiger partial charge in [-0.15, -0.1) is 0 Å². The minimum Gasteiger partial charge on any atom is -0.316 e. The molecule has 1 heterocycles. The second kappa shape index (κ2) is 7.22. The van der Waals surface area contributed by atoms with Crippen LogP contribution in [0.5, 0.6) is 0 Å². The van der Waals surface area contributed by atoms with E-state index in [4.69, 9.17) is 0 Å². The third-order valence-corrected chi connectivity index (χ3v) is 3.90. The monoisotopic (exact) mass is 314 g/mol. The lowest BCUT2D eigenvalue weighted by atomic mass is 10.00. The first-order valence-corrected chi connectivity index (χ1v) is 7.40. The van der Waals surface area contributed by atoms with Crippen LogP contribution in [0.3, 0.4) is 0 Å². The Morgan fingerprint density at radius 3 is 3.11 bits per heavy atom. The van der Waals surface area contributed by atoms with Gasteiger partial charge in [0.05, 0.1) is 0 Å². The van der Waals surface area contributed by atoms with E-state index in [1.54, 1.807) is 6.07 Å². The molecule has 1 unspecified atom stereocenters. The summed E-state index contributed by atoms with van der Waals surface area (Å²) in [5.41, 5.74) is 0.777. The Labute approximate surface area is 116 Å². The van der Waals surface area contributed by atoms with Crippen molar-refractivity contribution < 1.29 is 4.39 Å². The topological polar surface area (TPSA) is 24.1 Å². The number of hydrogen-bond donors (Lipinski definition) is 2. The van der Waals surface area contributed by atoms with Gasteiger partial charge in [0.1, 0.15) is 5.82 Å². The lowest BCUT2D eigenvalue weighted by Gasteiger charge is -2.22. The van der Waals surface area contributed by atoms with E-state index in [9.17, 15) is 4.39 Å². The minimum atomic E-state index is -0.112. The van der Waals surface area contributed by atoms with Crippen molar-refractivity contribution in [3.05, 3.63) is 34.1 Å². The molecule has 0 amide bonds. The summed E-state index contributed by atoms with van der Waals surface area (Å²) in [6.45, 7) is 4.13. The van der Waals surface area contributed by atoms with E-state index in [2.05, 4.69) is 26.6 Å². The van der Waals surface area contributed by atoms with Crippen LogP contribution in [-0.2, 0) is 6.42 Å². The van der Waals surface area contributed by atoms with Crippen LogP contribution in [0.25, 0.3) is 0 Å². The third kappa shape index (κ3) is 4.34. The largest absolute Gasteiger partial charge is 0.316 e. The summed E-state index contributed by atoms with van der Waals surface area (Å²) in [5.74, 6) is 0.616. The van der Waals surface area contributed by atoms with Gasteiger partial charge in [0.15, 0.2) is 0 Å². The summed E-state index contributed by atoms with van der Waals surface area (Å²) >= 11 is 3.37. The van der Waals surface area contributed by atoms with Crippen LogP contribution in [0.2, 0.25) is 0 Å². The summed E-state index contributed by atoms with van der Waals surface area (Å²) in [4.78, 5) is 0. The predicted molar refractivity (Wildman–Crippen MR) is 76.3 cm³/mol. The van der Waals surface area contributed by atoms with Crippen LogP contribution in [-0.4, -0.2) is 26.2 Å². The molecule has 0 aromatic heterocycles. The molecule has 100 valence electrons. The molecule has 1 saturated heterocycles. The zero-order valence-corrected chi connectivity index (χ0v) is 12.1. The molecule has 2 rings (SSSR count). The maximum absolute atomic E-state index is 13.5. The zero-order valence-electron chi connectivity index (χ0n) is 10.5. The maximum atomic E-state index is 13.5. The van der Waals surface area contributed by atoms with Crippen molar-refractivity contribution in [1.82, 2.24) is 10.6 Å². The Morgan fingerprint density at radius 2 is 2.33 bits per heavy atom. The number of rotatable bonds is 5. The van der Waals surface area contributed by atoms with Crippen molar-refractivity contribution in [3.63, 3.8) is 0 Å². The van der Waals surface area contributed by atoms with Gasteiger partial charge in [-0.3, -0.25) is 0 Å². The first-order valence-electron chi connectivity index (χ1n) is 6.61. The smallest absolute Gasteiger partial charge is 0.126 e. The molecule has 0 bridgehead atoms. The van der Waals surface area contributed by atoms with E-state index in [-0.39, 0.29) is 5.82 Å². The van der Waals surface area contributed by atoms with E-state index in [1.807, 2.05) is 6.07 Å². The first-order chi connectivity index (χ1) is 8.75. The molecule has 0 aliphatic carbocycles. The highest BCUT2D eigenvalue weighted by Crippen LogP contribution is 2.15. The summed E-state index contributed by atoms with van der Waals surface area (Å²) in [6, 6.07) is 5.11. The molecule has 1 aromatic carbocycles. The third-order valence-electron chi connectivity index (χ3n) is 3.41. The molecular formula is C14H20BrFN2. The van der Waals surface area contributed by atoms with E-state index in [1.165, 1.54) is 18.9 Å². The average molecular weight is 315 g/mol. The molecule has 1 aliphatic rings. The quantitative estimate of drug-likeness (QED) is 0.817. The zero-order chi connectivity index (χ0) is 12.8. The van der Waals surface area contributed by atoms with Crippen LogP contribution < -0.4 is 10.6 Å². The lowest BCUT2D eigenvalue weighted by molar-refractivity contribution is 0.361. The summed E-state index contributed by atoms with van der Waals surface area (Å²) in [7, 11) is 0. The van der Waals surface area contributed by atoms with Crippen molar-refractivity contribution in [3.8, 4) is 0 Å². The van der Waals surface area contributed by atoms with Crippen molar-refractivity contribution in [2.45, 2.75) is 19.3 Å². The van der Waals surface area contributed by atoms with E-state index < -0.39 is 0 Å². The molecule has 1 aliphatic heterocycles.